The summed E-state index contributed by atoms with van der Waals surface area (Å²) in [5.41, 5.74) is 3.52. The van der Waals surface area contributed by atoms with E-state index < -0.39 is 0 Å². The van der Waals surface area contributed by atoms with E-state index in [0.717, 1.165) is 5.92 Å². The smallest absolute Gasteiger partial charge is 0.0101 e. The summed E-state index contributed by atoms with van der Waals surface area (Å²) in [6.45, 7) is 7.06. The molecule has 1 aliphatic carbocycles. The zero-order valence-corrected chi connectivity index (χ0v) is 8.80. The minimum absolute atomic E-state index is 0.392. The van der Waals surface area contributed by atoms with Crippen LogP contribution in [0.2, 0.25) is 0 Å². The van der Waals surface area contributed by atoms with Crippen LogP contribution in [-0.2, 0) is 5.41 Å². The van der Waals surface area contributed by atoms with Gasteiger partial charge in [-0.2, -0.15) is 0 Å². The maximum absolute atomic E-state index is 2.36. The van der Waals surface area contributed by atoms with E-state index in [4.69, 9.17) is 0 Å². The minimum atomic E-state index is 0.392. The van der Waals surface area contributed by atoms with E-state index in [9.17, 15) is 0 Å². The lowest BCUT2D eigenvalue weighted by Gasteiger charge is -2.35. The molecule has 2 rings (SSSR count). The molecule has 1 aromatic rings. The zero-order chi connectivity index (χ0) is 9.47. The van der Waals surface area contributed by atoms with Crippen LogP contribution >= 0.6 is 0 Å². The third kappa shape index (κ3) is 1.39. The quantitative estimate of drug-likeness (QED) is 0.560. The average Bonchev–Trinajstić information content (AvgIpc) is 2.13. The molecule has 0 spiro atoms. The molecule has 1 aliphatic rings. The molecule has 0 aliphatic heterocycles. The number of rotatable bonds is 0. The van der Waals surface area contributed by atoms with Gasteiger partial charge in [0.2, 0.25) is 0 Å². The highest BCUT2D eigenvalue weighted by atomic mass is 14.3. The maximum atomic E-state index is 2.36. The monoisotopic (exact) mass is 174 g/mol. The van der Waals surface area contributed by atoms with E-state index in [1.54, 1.807) is 11.1 Å². The maximum Gasteiger partial charge on any atom is -0.0101 e. The molecule has 13 heavy (non-hydrogen) atoms. The molecule has 0 fully saturated rings. The standard InChI is InChI=1S/C13H18/c1-10-8-9-13(2,3)12-7-5-4-6-11(10)12/h4-7,10H,8-9H2,1-3H3/t10-/m1/s1. The fourth-order valence-corrected chi connectivity index (χ4v) is 2.41. The van der Waals surface area contributed by atoms with Crippen LogP contribution in [0.4, 0.5) is 0 Å². The van der Waals surface area contributed by atoms with Crippen molar-refractivity contribution in [2.75, 3.05) is 0 Å². The molecule has 0 nitrogen and oxygen atoms in total. The Hall–Kier alpha value is -0.780. The second kappa shape index (κ2) is 2.87. The zero-order valence-electron chi connectivity index (χ0n) is 8.80. The van der Waals surface area contributed by atoms with Crippen LogP contribution in [-0.4, -0.2) is 0 Å². The van der Waals surface area contributed by atoms with Gasteiger partial charge in [-0.1, -0.05) is 45.0 Å². The van der Waals surface area contributed by atoms with Crippen LogP contribution < -0.4 is 0 Å². The molecule has 0 bridgehead atoms. The minimum Gasteiger partial charge on any atom is -0.0620 e. The predicted octanol–water partition coefficient (Wildman–Crippen LogP) is 3.86. The Labute approximate surface area is 81.0 Å². The van der Waals surface area contributed by atoms with Crippen LogP contribution in [0, 0.1) is 0 Å². The lowest BCUT2D eigenvalue weighted by atomic mass is 9.69. The normalized spacial score (nSPS) is 25.3. The summed E-state index contributed by atoms with van der Waals surface area (Å²) in [6, 6.07) is 8.92. The molecule has 70 valence electrons. The molecule has 0 heteroatoms. The van der Waals surface area contributed by atoms with Crippen LogP contribution in [0.1, 0.15) is 50.7 Å². The molecule has 0 N–H and O–H groups in total. The van der Waals surface area contributed by atoms with Gasteiger partial charge in [0.15, 0.2) is 0 Å². The molecular formula is C13H18. The Bertz CT molecular complexity index is 310. The number of benzene rings is 1. The van der Waals surface area contributed by atoms with E-state index >= 15 is 0 Å². The SMILES string of the molecule is C[C@@H]1CCC(C)(C)c2ccccc21. The summed E-state index contributed by atoms with van der Waals surface area (Å²) in [5, 5.41) is 0. The lowest BCUT2D eigenvalue weighted by molar-refractivity contribution is 0.402. The molecule has 0 amide bonds. The first-order chi connectivity index (χ1) is 6.11. The van der Waals surface area contributed by atoms with Crippen molar-refractivity contribution in [3.63, 3.8) is 0 Å². The largest absolute Gasteiger partial charge is 0.0620 e. The number of fused-ring (bicyclic) bond motifs is 1. The second-order valence-electron chi connectivity index (χ2n) is 4.91. The van der Waals surface area contributed by atoms with Gasteiger partial charge >= 0.3 is 0 Å². The van der Waals surface area contributed by atoms with Crippen molar-refractivity contribution in [1.82, 2.24) is 0 Å². The summed E-state index contributed by atoms with van der Waals surface area (Å²) in [6.07, 6.45) is 2.66. The average molecular weight is 174 g/mol. The van der Waals surface area contributed by atoms with Gasteiger partial charge in [0.05, 0.1) is 0 Å². The topological polar surface area (TPSA) is 0 Å². The highest BCUT2D eigenvalue weighted by molar-refractivity contribution is 5.37. The predicted molar refractivity (Wildman–Crippen MR) is 57.1 cm³/mol. The van der Waals surface area contributed by atoms with Gasteiger partial charge < -0.3 is 0 Å². The van der Waals surface area contributed by atoms with Crippen molar-refractivity contribution in [3.8, 4) is 0 Å². The Morgan fingerprint density at radius 2 is 1.92 bits per heavy atom. The van der Waals surface area contributed by atoms with E-state index in [1.807, 2.05) is 0 Å². The Morgan fingerprint density at radius 1 is 1.23 bits per heavy atom. The Morgan fingerprint density at radius 3 is 2.62 bits per heavy atom. The molecule has 1 aromatic carbocycles. The van der Waals surface area contributed by atoms with Gasteiger partial charge in [-0.3, -0.25) is 0 Å². The van der Waals surface area contributed by atoms with E-state index in [0.29, 0.717) is 5.41 Å². The number of hydrogen-bond acceptors (Lipinski definition) is 0. The van der Waals surface area contributed by atoms with Crippen LogP contribution in [0.25, 0.3) is 0 Å². The molecule has 0 unspecified atom stereocenters. The van der Waals surface area contributed by atoms with Gasteiger partial charge in [-0.05, 0) is 35.3 Å². The van der Waals surface area contributed by atoms with Crippen LogP contribution in [0.15, 0.2) is 24.3 Å². The summed E-state index contributed by atoms with van der Waals surface area (Å²) < 4.78 is 0. The number of hydrogen-bond donors (Lipinski definition) is 0. The van der Waals surface area contributed by atoms with Gasteiger partial charge in [-0.25, -0.2) is 0 Å². The summed E-state index contributed by atoms with van der Waals surface area (Å²) in [7, 11) is 0. The van der Waals surface area contributed by atoms with Crippen molar-refractivity contribution in [3.05, 3.63) is 35.4 Å². The molecule has 0 heterocycles. The molecular weight excluding hydrogens is 156 g/mol. The van der Waals surface area contributed by atoms with Gasteiger partial charge in [0.1, 0.15) is 0 Å². The fraction of sp³-hybridized carbons (Fsp3) is 0.538. The third-order valence-electron chi connectivity index (χ3n) is 3.42. The van der Waals surface area contributed by atoms with Crippen molar-refractivity contribution in [2.45, 2.75) is 44.9 Å². The van der Waals surface area contributed by atoms with Gasteiger partial charge in [-0.15, -0.1) is 0 Å². The highest BCUT2D eigenvalue weighted by Gasteiger charge is 2.29. The highest BCUT2D eigenvalue weighted by Crippen LogP contribution is 2.41. The second-order valence-corrected chi connectivity index (χ2v) is 4.91. The van der Waals surface area contributed by atoms with Crippen LogP contribution in [0.3, 0.4) is 0 Å². The third-order valence-corrected chi connectivity index (χ3v) is 3.42. The molecule has 0 radical (unpaired) electrons. The van der Waals surface area contributed by atoms with Crippen LogP contribution in [0.5, 0.6) is 0 Å². The van der Waals surface area contributed by atoms with Gasteiger partial charge in [0, 0.05) is 0 Å². The first kappa shape index (κ1) is 8.80. The Balaban J connectivity index is 2.55. The van der Waals surface area contributed by atoms with Crippen molar-refractivity contribution >= 4 is 0 Å². The van der Waals surface area contributed by atoms with E-state index in [2.05, 4.69) is 45.0 Å². The molecule has 0 aromatic heterocycles. The fourth-order valence-electron chi connectivity index (χ4n) is 2.41. The summed E-state index contributed by atoms with van der Waals surface area (Å²) in [5.74, 6) is 0.754. The van der Waals surface area contributed by atoms with E-state index in [-0.39, 0.29) is 0 Å². The van der Waals surface area contributed by atoms with E-state index in [1.165, 1.54) is 12.8 Å². The van der Waals surface area contributed by atoms with Crippen molar-refractivity contribution < 1.29 is 0 Å². The molecule has 0 saturated carbocycles. The summed E-state index contributed by atoms with van der Waals surface area (Å²) >= 11 is 0. The lowest BCUT2D eigenvalue weighted by Crippen LogP contribution is -2.25. The summed E-state index contributed by atoms with van der Waals surface area (Å²) in [4.78, 5) is 0. The van der Waals surface area contributed by atoms with Crippen molar-refractivity contribution in [1.29, 1.82) is 0 Å². The van der Waals surface area contributed by atoms with Gasteiger partial charge in [0.25, 0.3) is 0 Å². The Kier molecular flexibility index (Phi) is 1.94. The first-order valence-corrected chi connectivity index (χ1v) is 5.21. The first-order valence-electron chi connectivity index (χ1n) is 5.21. The molecule has 1 atom stereocenters. The van der Waals surface area contributed by atoms with Crippen molar-refractivity contribution in [2.24, 2.45) is 0 Å². The molecule has 0 saturated heterocycles.